The minimum atomic E-state index is -0.299. The highest BCUT2D eigenvalue weighted by atomic mass is 32.2. The van der Waals surface area contributed by atoms with Gasteiger partial charge >= 0.3 is 0 Å². The molecule has 1 fully saturated rings. The molecule has 2 aromatic rings. The quantitative estimate of drug-likeness (QED) is 0.929. The van der Waals surface area contributed by atoms with E-state index in [1.807, 2.05) is 18.2 Å². The first kappa shape index (κ1) is 15.5. The summed E-state index contributed by atoms with van der Waals surface area (Å²) in [5.41, 5.74) is 0.672. The maximum absolute atomic E-state index is 12.2. The van der Waals surface area contributed by atoms with Crippen molar-refractivity contribution >= 4 is 29.3 Å². The lowest BCUT2D eigenvalue weighted by Gasteiger charge is -2.11. The van der Waals surface area contributed by atoms with E-state index in [1.54, 1.807) is 36.5 Å². The number of aromatic nitrogens is 2. The number of rotatable bonds is 4. The van der Waals surface area contributed by atoms with Crippen molar-refractivity contribution in [2.75, 3.05) is 18.9 Å². The normalized spacial score (nSPS) is 17.3. The number of nitrogens with one attached hydrogen (secondary N) is 1. The predicted molar refractivity (Wildman–Crippen MR) is 87.0 cm³/mol. The second-order valence-corrected chi connectivity index (χ2v) is 6.36. The molecule has 0 bridgehead atoms. The van der Waals surface area contributed by atoms with Crippen LogP contribution in [0.5, 0.6) is 0 Å². The number of anilines is 1. The molecule has 0 spiro atoms. The molecule has 1 aliphatic rings. The van der Waals surface area contributed by atoms with Crippen molar-refractivity contribution in [3.05, 3.63) is 42.7 Å². The van der Waals surface area contributed by atoms with Crippen molar-refractivity contribution in [2.24, 2.45) is 5.92 Å². The summed E-state index contributed by atoms with van der Waals surface area (Å²) in [6.07, 6.45) is 3.64. The third kappa shape index (κ3) is 3.87. The van der Waals surface area contributed by atoms with Gasteiger partial charge in [-0.25, -0.2) is 9.97 Å². The van der Waals surface area contributed by atoms with E-state index in [-0.39, 0.29) is 24.2 Å². The summed E-state index contributed by atoms with van der Waals surface area (Å²) >= 11 is 1.43. The molecule has 0 aliphatic carbocycles. The number of hydrogen-bond donors (Lipinski definition) is 1. The zero-order valence-electron chi connectivity index (χ0n) is 12.6. The highest BCUT2D eigenvalue weighted by Crippen LogP contribution is 2.26. The molecule has 2 amide bonds. The van der Waals surface area contributed by atoms with Gasteiger partial charge in [0.15, 0.2) is 0 Å². The molecule has 1 N–H and O–H groups in total. The summed E-state index contributed by atoms with van der Waals surface area (Å²) in [5.74, 6) is -0.429. The molecule has 2 aromatic heterocycles. The monoisotopic (exact) mass is 328 g/mol. The van der Waals surface area contributed by atoms with Crippen LogP contribution >= 0.6 is 11.8 Å². The minimum absolute atomic E-state index is 0.00581. The van der Waals surface area contributed by atoms with Crippen LogP contribution in [0.1, 0.15) is 6.42 Å². The van der Waals surface area contributed by atoms with Crippen molar-refractivity contribution in [3.8, 4) is 0 Å². The van der Waals surface area contributed by atoms with Gasteiger partial charge in [0.05, 0.1) is 5.92 Å². The van der Waals surface area contributed by atoms with Crippen molar-refractivity contribution in [3.63, 3.8) is 0 Å². The second kappa shape index (κ2) is 6.78. The number of likely N-dealkylation sites (tertiary alicyclic amines) is 1. The summed E-state index contributed by atoms with van der Waals surface area (Å²) in [4.78, 5) is 33.9. The number of amides is 2. The average Bonchev–Trinajstić information content (AvgIpc) is 2.88. The molecular formula is C16H16N4O2S. The standard InChI is InChI=1S/C16H16N4O2S/c1-20-10-11(8-15(20)21)16(22)19-12-5-7-18-14(9-12)23-13-4-2-3-6-17-13/h2-7,9,11H,8,10H2,1H3,(H,18,19,22). The molecule has 1 aliphatic heterocycles. The van der Waals surface area contributed by atoms with E-state index in [0.29, 0.717) is 12.2 Å². The summed E-state index contributed by atoms with van der Waals surface area (Å²) in [7, 11) is 1.71. The molecule has 0 aromatic carbocycles. The maximum atomic E-state index is 12.2. The molecule has 7 heteroatoms. The molecule has 0 saturated carbocycles. The molecule has 23 heavy (non-hydrogen) atoms. The summed E-state index contributed by atoms with van der Waals surface area (Å²) in [6.45, 7) is 0.464. The average molecular weight is 328 g/mol. The number of nitrogens with zero attached hydrogens (tertiary/aromatic N) is 3. The molecule has 6 nitrogen and oxygen atoms in total. The Kier molecular flexibility index (Phi) is 4.57. The Morgan fingerprint density at radius 1 is 1.26 bits per heavy atom. The van der Waals surface area contributed by atoms with Gasteiger partial charge in [-0.15, -0.1) is 0 Å². The van der Waals surface area contributed by atoms with Gasteiger partial charge in [0, 0.05) is 38.1 Å². The summed E-state index contributed by atoms with van der Waals surface area (Å²) in [5, 5.41) is 4.45. The van der Waals surface area contributed by atoms with Crippen molar-refractivity contribution < 1.29 is 9.59 Å². The van der Waals surface area contributed by atoms with E-state index in [0.717, 1.165) is 10.1 Å². The van der Waals surface area contributed by atoms with Crippen LogP contribution in [0.3, 0.4) is 0 Å². The third-order valence-electron chi connectivity index (χ3n) is 3.56. The highest BCUT2D eigenvalue weighted by molar-refractivity contribution is 7.99. The van der Waals surface area contributed by atoms with E-state index in [4.69, 9.17) is 0 Å². The van der Waals surface area contributed by atoms with Crippen LogP contribution in [0.2, 0.25) is 0 Å². The minimum Gasteiger partial charge on any atom is -0.345 e. The first-order valence-electron chi connectivity index (χ1n) is 7.21. The topological polar surface area (TPSA) is 75.2 Å². The fourth-order valence-corrected chi connectivity index (χ4v) is 3.12. The lowest BCUT2D eigenvalue weighted by atomic mass is 10.1. The number of hydrogen-bond acceptors (Lipinski definition) is 5. The van der Waals surface area contributed by atoms with Gasteiger partial charge in [0.1, 0.15) is 10.1 Å². The van der Waals surface area contributed by atoms with Gasteiger partial charge in [-0.2, -0.15) is 0 Å². The number of carbonyl (C=O) groups excluding carboxylic acids is 2. The Hall–Kier alpha value is -2.41. The van der Waals surface area contributed by atoms with Gasteiger partial charge in [-0.1, -0.05) is 17.8 Å². The van der Waals surface area contributed by atoms with Crippen molar-refractivity contribution in [2.45, 2.75) is 16.5 Å². The van der Waals surface area contributed by atoms with Gasteiger partial charge in [0.25, 0.3) is 0 Å². The van der Waals surface area contributed by atoms with Crippen molar-refractivity contribution in [1.82, 2.24) is 14.9 Å². The largest absolute Gasteiger partial charge is 0.345 e. The molecule has 3 rings (SSSR count). The van der Waals surface area contributed by atoms with Gasteiger partial charge in [-0.3, -0.25) is 9.59 Å². The Morgan fingerprint density at radius 2 is 2.09 bits per heavy atom. The first-order chi connectivity index (χ1) is 11.1. The molecule has 1 saturated heterocycles. The predicted octanol–water partition coefficient (Wildman–Crippen LogP) is 2.04. The van der Waals surface area contributed by atoms with Crippen LogP contribution in [0, 0.1) is 5.92 Å². The summed E-state index contributed by atoms with van der Waals surface area (Å²) < 4.78 is 0. The smallest absolute Gasteiger partial charge is 0.229 e. The zero-order valence-corrected chi connectivity index (χ0v) is 13.4. The van der Waals surface area contributed by atoms with Gasteiger partial charge in [0.2, 0.25) is 11.8 Å². The van der Waals surface area contributed by atoms with E-state index >= 15 is 0 Å². The van der Waals surface area contributed by atoms with Crippen LogP contribution in [0.4, 0.5) is 5.69 Å². The molecule has 1 unspecified atom stereocenters. The Morgan fingerprint density at radius 3 is 2.78 bits per heavy atom. The van der Waals surface area contributed by atoms with Crippen LogP contribution in [-0.4, -0.2) is 40.3 Å². The van der Waals surface area contributed by atoms with Gasteiger partial charge < -0.3 is 10.2 Å². The molecule has 1 atom stereocenters. The first-order valence-corrected chi connectivity index (χ1v) is 8.03. The van der Waals surface area contributed by atoms with Crippen LogP contribution < -0.4 is 5.32 Å². The Bertz CT molecular complexity index is 723. The van der Waals surface area contributed by atoms with E-state index in [9.17, 15) is 9.59 Å². The maximum Gasteiger partial charge on any atom is 0.229 e. The molecule has 0 radical (unpaired) electrons. The molecule has 3 heterocycles. The van der Waals surface area contributed by atoms with Crippen molar-refractivity contribution in [1.29, 1.82) is 0 Å². The lowest BCUT2D eigenvalue weighted by molar-refractivity contribution is -0.127. The summed E-state index contributed by atoms with van der Waals surface area (Å²) in [6, 6.07) is 9.21. The lowest BCUT2D eigenvalue weighted by Crippen LogP contribution is -2.25. The van der Waals surface area contributed by atoms with E-state index in [2.05, 4.69) is 15.3 Å². The second-order valence-electron chi connectivity index (χ2n) is 5.32. The van der Waals surface area contributed by atoms with Crippen LogP contribution in [-0.2, 0) is 9.59 Å². The Balaban J connectivity index is 1.66. The van der Waals surface area contributed by atoms with Crippen LogP contribution in [0.25, 0.3) is 0 Å². The van der Waals surface area contributed by atoms with E-state index < -0.39 is 0 Å². The molecular weight excluding hydrogens is 312 g/mol. The number of pyridine rings is 2. The molecule has 118 valence electrons. The fraction of sp³-hybridized carbons (Fsp3) is 0.250. The van der Waals surface area contributed by atoms with E-state index in [1.165, 1.54) is 11.8 Å². The fourth-order valence-electron chi connectivity index (χ4n) is 2.34. The SMILES string of the molecule is CN1CC(C(=O)Nc2ccnc(Sc3ccccn3)c2)CC1=O. The third-order valence-corrected chi connectivity index (χ3v) is 4.44. The van der Waals surface area contributed by atoms with Gasteiger partial charge in [-0.05, 0) is 24.3 Å². The van der Waals surface area contributed by atoms with Crippen LogP contribution in [0.15, 0.2) is 52.8 Å². The number of carbonyl (C=O) groups is 2. The highest BCUT2D eigenvalue weighted by Gasteiger charge is 2.32. The zero-order chi connectivity index (χ0) is 16.2. The Labute approximate surface area is 138 Å².